The summed E-state index contributed by atoms with van der Waals surface area (Å²) in [6.45, 7) is 5.49. The fourth-order valence-electron chi connectivity index (χ4n) is 2.77. The minimum Gasteiger partial charge on any atom is -0.338 e. The average Bonchev–Trinajstić information content (AvgIpc) is 2.71. The Hall–Kier alpha value is -2.23. The van der Waals surface area contributed by atoms with Crippen LogP contribution < -0.4 is 0 Å². The molecule has 108 valence electrons. The molecule has 0 N–H and O–H groups in total. The molecule has 0 spiro atoms. The first-order valence-electron chi connectivity index (χ1n) is 7.30. The van der Waals surface area contributed by atoms with E-state index in [2.05, 4.69) is 9.97 Å². The Balaban J connectivity index is 1.79. The zero-order valence-corrected chi connectivity index (χ0v) is 12.5. The van der Waals surface area contributed by atoms with Gasteiger partial charge in [-0.15, -0.1) is 0 Å². The van der Waals surface area contributed by atoms with Crippen molar-refractivity contribution in [3.63, 3.8) is 0 Å². The van der Waals surface area contributed by atoms with Crippen molar-refractivity contribution in [1.82, 2.24) is 14.9 Å². The second kappa shape index (κ2) is 5.64. The minimum atomic E-state index is 0.105. The third kappa shape index (κ3) is 2.79. The standard InChI is InChI=1S/C17H19N3O/c1-12-3-5-14(6-4-12)17(21)20-9-7-15-13(2)18-11-19-16(15)8-10-20/h3-6,11H,7-10H2,1-2H3. The predicted octanol–water partition coefficient (Wildman–Crippen LogP) is 2.33. The quantitative estimate of drug-likeness (QED) is 0.806. The van der Waals surface area contributed by atoms with Gasteiger partial charge >= 0.3 is 0 Å². The summed E-state index contributed by atoms with van der Waals surface area (Å²) in [5.41, 5.74) is 5.25. The highest BCUT2D eigenvalue weighted by atomic mass is 16.2. The molecule has 1 aromatic heterocycles. The van der Waals surface area contributed by atoms with E-state index in [-0.39, 0.29) is 5.91 Å². The number of benzene rings is 1. The number of aryl methyl sites for hydroxylation is 2. The third-order valence-electron chi connectivity index (χ3n) is 4.09. The Bertz CT molecular complexity index is 664. The van der Waals surface area contributed by atoms with Crippen LogP contribution in [0, 0.1) is 13.8 Å². The lowest BCUT2D eigenvalue weighted by molar-refractivity contribution is 0.0763. The van der Waals surface area contributed by atoms with E-state index < -0.39 is 0 Å². The highest BCUT2D eigenvalue weighted by Crippen LogP contribution is 2.17. The second-order valence-corrected chi connectivity index (χ2v) is 5.54. The van der Waals surface area contributed by atoms with Crippen LogP contribution in [0.4, 0.5) is 0 Å². The molecule has 0 saturated carbocycles. The van der Waals surface area contributed by atoms with Crippen molar-refractivity contribution in [3.05, 3.63) is 58.7 Å². The van der Waals surface area contributed by atoms with Crippen molar-refractivity contribution in [3.8, 4) is 0 Å². The molecule has 0 radical (unpaired) electrons. The molecule has 1 aliphatic heterocycles. The van der Waals surface area contributed by atoms with Gasteiger partial charge in [-0.1, -0.05) is 17.7 Å². The number of hydrogen-bond donors (Lipinski definition) is 0. The molecule has 4 nitrogen and oxygen atoms in total. The van der Waals surface area contributed by atoms with E-state index in [1.807, 2.05) is 43.0 Å². The number of nitrogens with zero attached hydrogens (tertiary/aromatic N) is 3. The molecule has 0 fully saturated rings. The van der Waals surface area contributed by atoms with Gasteiger partial charge in [0.1, 0.15) is 6.33 Å². The molecule has 0 saturated heterocycles. The summed E-state index contributed by atoms with van der Waals surface area (Å²) < 4.78 is 0. The summed E-state index contributed by atoms with van der Waals surface area (Å²) in [5, 5.41) is 0. The predicted molar refractivity (Wildman–Crippen MR) is 81.3 cm³/mol. The van der Waals surface area contributed by atoms with Crippen LogP contribution in [0.5, 0.6) is 0 Å². The fourth-order valence-corrected chi connectivity index (χ4v) is 2.77. The van der Waals surface area contributed by atoms with Crippen LogP contribution in [0.15, 0.2) is 30.6 Å². The third-order valence-corrected chi connectivity index (χ3v) is 4.09. The molecule has 0 unspecified atom stereocenters. The van der Waals surface area contributed by atoms with Gasteiger partial charge in [0.15, 0.2) is 0 Å². The molecule has 4 heteroatoms. The number of aromatic nitrogens is 2. The van der Waals surface area contributed by atoms with E-state index in [1.54, 1.807) is 6.33 Å². The van der Waals surface area contributed by atoms with Crippen molar-refractivity contribution in [2.45, 2.75) is 26.7 Å². The van der Waals surface area contributed by atoms with Gasteiger partial charge in [0, 0.05) is 36.5 Å². The van der Waals surface area contributed by atoms with Gasteiger partial charge in [0.25, 0.3) is 5.91 Å². The van der Waals surface area contributed by atoms with Crippen LogP contribution in [0.25, 0.3) is 0 Å². The lowest BCUT2D eigenvalue weighted by Crippen LogP contribution is -2.33. The Morgan fingerprint density at radius 3 is 2.52 bits per heavy atom. The molecule has 1 aliphatic rings. The maximum atomic E-state index is 12.6. The Kier molecular flexibility index (Phi) is 3.69. The normalized spacial score (nSPS) is 14.5. The number of fused-ring (bicyclic) bond motifs is 1. The lowest BCUT2D eigenvalue weighted by atomic mass is 10.1. The molecule has 2 aromatic rings. The van der Waals surface area contributed by atoms with Gasteiger partial charge in [0.2, 0.25) is 0 Å². The average molecular weight is 281 g/mol. The van der Waals surface area contributed by atoms with E-state index in [0.717, 1.165) is 42.9 Å². The number of amides is 1. The van der Waals surface area contributed by atoms with E-state index in [0.29, 0.717) is 0 Å². The minimum absolute atomic E-state index is 0.105. The first kappa shape index (κ1) is 13.7. The van der Waals surface area contributed by atoms with Gasteiger partial charge in [-0.2, -0.15) is 0 Å². The smallest absolute Gasteiger partial charge is 0.253 e. The molecule has 21 heavy (non-hydrogen) atoms. The number of hydrogen-bond acceptors (Lipinski definition) is 3. The maximum Gasteiger partial charge on any atom is 0.253 e. The SMILES string of the molecule is Cc1ccc(C(=O)N2CCc3ncnc(C)c3CC2)cc1. The van der Waals surface area contributed by atoms with Gasteiger partial charge in [-0.05, 0) is 38.0 Å². The van der Waals surface area contributed by atoms with Crippen molar-refractivity contribution >= 4 is 5.91 Å². The van der Waals surface area contributed by atoms with Gasteiger partial charge < -0.3 is 4.90 Å². The molecule has 2 heterocycles. The zero-order chi connectivity index (χ0) is 14.8. The van der Waals surface area contributed by atoms with Crippen molar-refractivity contribution in [2.75, 3.05) is 13.1 Å². The highest BCUT2D eigenvalue weighted by molar-refractivity contribution is 5.94. The highest BCUT2D eigenvalue weighted by Gasteiger charge is 2.21. The van der Waals surface area contributed by atoms with E-state index in [1.165, 1.54) is 11.1 Å². The number of carbonyl (C=O) groups is 1. The zero-order valence-electron chi connectivity index (χ0n) is 12.5. The summed E-state index contributed by atoms with van der Waals surface area (Å²) in [6, 6.07) is 7.77. The molecule has 0 atom stereocenters. The monoisotopic (exact) mass is 281 g/mol. The van der Waals surface area contributed by atoms with E-state index in [4.69, 9.17) is 0 Å². The molecule has 0 bridgehead atoms. The summed E-state index contributed by atoms with van der Waals surface area (Å²) >= 11 is 0. The first-order valence-corrected chi connectivity index (χ1v) is 7.30. The van der Waals surface area contributed by atoms with Gasteiger partial charge in [-0.25, -0.2) is 9.97 Å². The fraction of sp³-hybridized carbons (Fsp3) is 0.353. The Labute approximate surface area is 124 Å². The molecular formula is C17H19N3O. The molecule has 3 rings (SSSR count). The van der Waals surface area contributed by atoms with Crippen LogP contribution in [0.1, 0.15) is 32.9 Å². The lowest BCUT2D eigenvalue weighted by Gasteiger charge is -2.20. The molecule has 1 amide bonds. The number of rotatable bonds is 1. The molecule has 0 aliphatic carbocycles. The van der Waals surface area contributed by atoms with Crippen LogP contribution in [0.2, 0.25) is 0 Å². The van der Waals surface area contributed by atoms with Crippen molar-refractivity contribution in [1.29, 1.82) is 0 Å². The summed E-state index contributed by atoms with van der Waals surface area (Å²) in [4.78, 5) is 23.1. The summed E-state index contributed by atoms with van der Waals surface area (Å²) in [6.07, 6.45) is 3.25. The molecular weight excluding hydrogens is 262 g/mol. The van der Waals surface area contributed by atoms with Crippen LogP contribution in [0.3, 0.4) is 0 Å². The maximum absolute atomic E-state index is 12.6. The van der Waals surface area contributed by atoms with E-state index >= 15 is 0 Å². The summed E-state index contributed by atoms with van der Waals surface area (Å²) in [7, 11) is 0. The van der Waals surface area contributed by atoms with Crippen molar-refractivity contribution < 1.29 is 4.79 Å². The molecule has 1 aromatic carbocycles. The van der Waals surface area contributed by atoms with Gasteiger partial charge in [0.05, 0.1) is 0 Å². The van der Waals surface area contributed by atoms with Crippen LogP contribution >= 0.6 is 0 Å². The van der Waals surface area contributed by atoms with Crippen LogP contribution in [-0.2, 0) is 12.8 Å². The Morgan fingerprint density at radius 2 is 1.76 bits per heavy atom. The topological polar surface area (TPSA) is 46.1 Å². The largest absolute Gasteiger partial charge is 0.338 e. The van der Waals surface area contributed by atoms with Gasteiger partial charge in [-0.3, -0.25) is 4.79 Å². The Morgan fingerprint density at radius 1 is 1.05 bits per heavy atom. The van der Waals surface area contributed by atoms with Crippen molar-refractivity contribution in [2.24, 2.45) is 0 Å². The van der Waals surface area contributed by atoms with Crippen LogP contribution in [-0.4, -0.2) is 33.9 Å². The number of carbonyl (C=O) groups excluding carboxylic acids is 1. The second-order valence-electron chi connectivity index (χ2n) is 5.54. The first-order chi connectivity index (χ1) is 10.1. The summed E-state index contributed by atoms with van der Waals surface area (Å²) in [5.74, 6) is 0.105. The van der Waals surface area contributed by atoms with E-state index in [9.17, 15) is 4.79 Å².